The van der Waals surface area contributed by atoms with Gasteiger partial charge < -0.3 is 19.7 Å². The summed E-state index contributed by atoms with van der Waals surface area (Å²) in [6.07, 6.45) is 2.33. The Bertz CT molecular complexity index is 232. The fourth-order valence-corrected chi connectivity index (χ4v) is 1.62. The number of esters is 1. The van der Waals surface area contributed by atoms with Gasteiger partial charge in [-0.15, -0.1) is 0 Å². The molecule has 0 heterocycles. The van der Waals surface area contributed by atoms with Gasteiger partial charge in [0.15, 0.2) is 0 Å². The number of carbonyl (C=O) groups is 1. The highest BCUT2D eigenvalue weighted by Gasteiger charge is 2.29. The fourth-order valence-electron chi connectivity index (χ4n) is 1.62. The lowest BCUT2D eigenvalue weighted by molar-refractivity contribution is -0.146. The van der Waals surface area contributed by atoms with Crippen LogP contribution in [0.4, 0.5) is 0 Å². The molecule has 0 aromatic heterocycles. The SMILES string of the molecule is CCOC(=O)C(CN(C)CCOC)NC1CC1. The van der Waals surface area contributed by atoms with E-state index >= 15 is 0 Å². The van der Waals surface area contributed by atoms with Crippen LogP contribution in [0.5, 0.6) is 0 Å². The first-order chi connectivity index (χ1) is 8.17. The van der Waals surface area contributed by atoms with Gasteiger partial charge in [0, 0.05) is 26.2 Å². The Morgan fingerprint density at radius 1 is 1.53 bits per heavy atom. The van der Waals surface area contributed by atoms with Crippen LogP contribution in [0.1, 0.15) is 19.8 Å². The maximum atomic E-state index is 11.8. The molecule has 0 aliphatic heterocycles. The van der Waals surface area contributed by atoms with E-state index in [1.54, 1.807) is 7.11 Å². The zero-order valence-electron chi connectivity index (χ0n) is 11.1. The van der Waals surface area contributed by atoms with E-state index in [0.29, 0.717) is 25.8 Å². The maximum absolute atomic E-state index is 11.8. The van der Waals surface area contributed by atoms with Crippen LogP contribution in [-0.2, 0) is 14.3 Å². The van der Waals surface area contributed by atoms with E-state index in [9.17, 15) is 4.79 Å². The van der Waals surface area contributed by atoms with Gasteiger partial charge in [0.1, 0.15) is 6.04 Å². The van der Waals surface area contributed by atoms with Gasteiger partial charge >= 0.3 is 5.97 Å². The van der Waals surface area contributed by atoms with Gasteiger partial charge in [0.05, 0.1) is 13.2 Å². The Kier molecular flexibility index (Phi) is 6.47. The predicted octanol–water partition coefficient (Wildman–Crippen LogP) is 0.248. The summed E-state index contributed by atoms with van der Waals surface area (Å²) in [5, 5.41) is 3.33. The first kappa shape index (κ1) is 14.4. The molecular weight excluding hydrogens is 220 g/mol. The molecule has 100 valence electrons. The summed E-state index contributed by atoms with van der Waals surface area (Å²) >= 11 is 0. The molecule has 1 unspecified atom stereocenters. The Balaban J connectivity index is 2.35. The fraction of sp³-hybridized carbons (Fsp3) is 0.917. The lowest BCUT2D eigenvalue weighted by atomic mass is 10.2. The summed E-state index contributed by atoms with van der Waals surface area (Å²) in [6.45, 7) is 4.43. The van der Waals surface area contributed by atoms with Crippen molar-refractivity contribution in [2.24, 2.45) is 0 Å². The second-order valence-corrected chi connectivity index (χ2v) is 4.50. The van der Waals surface area contributed by atoms with E-state index in [2.05, 4.69) is 10.2 Å². The van der Waals surface area contributed by atoms with Crippen molar-refractivity contribution < 1.29 is 14.3 Å². The number of rotatable bonds is 9. The Morgan fingerprint density at radius 3 is 2.76 bits per heavy atom. The van der Waals surface area contributed by atoms with E-state index in [1.807, 2.05) is 14.0 Å². The lowest BCUT2D eigenvalue weighted by Gasteiger charge is -2.23. The highest BCUT2D eigenvalue weighted by molar-refractivity contribution is 5.76. The molecule has 17 heavy (non-hydrogen) atoms. The third kappa shape index (κ3) is 6.00. The summed E-state index contributed by atoms with van der Waals surface area (Å²) in [6, 6.07) is 0.282. The largest absolute Gasteiger partial charge is 0.465 e. The summed E-state index contributed by atoms with van der Waals surface area (Å²) in [5.74, 6) is -0.149. The minimum atomic E-state index is -0.218. The van der Waals surface area contributed by atoms with E-state index < -0.39 is 0 Å². The Labute approximate surface area is 103 Å². The number of ether oxygens (including phenoxy) is 2. The quantitative estimate of drug-likeness (QED) is 0.589. The molecule has 1 saturated carbocycles. The van der Waals surface area contributed by atoms with E-state index in [-0.39, 0.29) is 12.0 Å². The van der Waals surface area contributed by atoms with Gasteiger partial charge in [-0.2, -0.15) is 0 Å². The van der Waals surface area contributed by atoms with Gasteiger partial charge in [0.2, 0.25) is 0 Å². The molecule has 0 amide bonds. The molecule has 1 atom stereocenters. The summed E-state index contributed by atoms with van der Waals surface area (Å²) < 4.78 is 10.1. The number of nitrogens with zero attached hydrogens (tertiary/aromatic N) is 1. The van der Waals surface area contributed by atoms with Crippen molar-refractivity contribution in [2.45, 2.75) is 31.8 Å². The number of likely N-dealkylation sites (N-methyl/N-ethyl adjacent to an activating group) is 1. The second kappa shape index (κ2) is 7.63. The van der Waals surface area contributed by atoms with Crippen molar-refractivity contribution >= 4 is 5.97 Å². The van der Waals surface area contributed by atoms with E-state index in [1.165, 1.54) is 0 Å². The molecule has 5 heteroatoms. The lowest BCUT2D eigenvalue weighted by Crippen LogP contribution is -2.47. The highest BCUT2D eigenvalue weighted by atomic mass is 16.5. The molecule has 1 fully saturated rings. The normalized spacial score (nSPS) is 17.2. The molecular formula is C12H24N2O3. The van der Waals surface area contributed by atoms with Crippen LogP contribution >= 0.6 is 0 Å². The molecule has 0 aromatic carbocycles. The Morgan fingerprint density at radius 2 is 2.24 bits per heavy atom. The average Bonchev–Trinajstić information content (AvgIpc) is 3.09. The molecule has 1 rings (SSSR count). The van der Waals surface area contributed by atoms with Gasteiger partial charge in [-0.3, -0.25) is 4.79 Å². The van der Waals surface area contributed by atoms with Gasteiger partial charge in [-0.1, -0.05) is 0 Å². The monoisotopic (exact) mass is 244 g/mol. The number of carbonyl (C=O) groups excluding carboxylic acids is 1. The zero-order chi connectivity index (χ0) is 12.7. The van der Waals surface area contributed by atoms with Crippen LogP contribution < -0.4 is 5.32 Å². The van der Waals surface area contributed by atoms with Crippen molar-refractivity contribution in [3.8, 4) is 0 Å². The smallest absolute Gasteiger partial charge is 0.324 e. The van der Waals surface area contributed by atoms with E-state index in [4.69, 9.17) is 9.47 Å². The van der Waals surface area contributed by atoms with Crippen LogP contribution in [0.3, 0.4) is 0 Å². The highest BCUT2D eigenvalue weighted by Crippen LogP contribution is 2.19. The minimum absolute atomic E-state index is 0.149. The second-order valence-electron chi connectivity index (χ2n) is 4.50. The third-order valence-corrected chi connectivity index (χ3v) is 2.76. The van der Waals surface area contributed by atoms with Crippen molar-refractivity contribution in [3.05, 3.63) is 0 Å². The molecule has 0 spiro atoms. The summed E-state index contributed by atoms with van der Waals surface area (Å²) in [7, 11) is 3.67. The standard InChI is InChI=1S/C12H24N2O3/c1-4-17-12(15)11(13-10-5-6-10)9-14(2)7-8-16-3/h10-11,13H,4-9H2,1-3H3. The number of nitrogens with one attached hydrogen (secondary N) is 1. The molecule has 1 aliphatic carbocycles. The van der Waals surface area contributed by atoms with Crippen molar-refractivity contribution in [3.63, 3.8) is 0 Å². The van der Waals surface area contributed by atoms with Crippen LogP contribution in [0.25, 0.3) is 0 Å². The minimum Gasteiger partial charge on any atom is -0.465 e. The third-order valence-electron chi connectivity index (χ3n) is 2.76. The van der Waals surface area contributed by atoms with Crippen LogP contribution in [0, 0.1) is 0 Å². The first-order valence-corrected chi connectivity index (χ1v) is 6.27. The number of hydrogen-bond acceptors (Lipinski definition) is 5. The summed E-state index contributed by atoms with van der Waals surface area (Å²) in [5.41, 5.74) is 0. The number of methoxy groups -OCH3 is 1. The molecule has 0 radical (unpaired) electrons. The molecule has 1 N–H and O–H groups in total. The van der Waals surface area contributed by atoms with Crippen molar-refractivity contribution in [1.29, 1.82) is 0 Å². The molecule has 5 nitrogen and oxygen atoms in total. The van der Waals surface area contributed by atoms with Gasteiger partial charge in [-0.05, 0) is 26.8 Å². The topological polar surface area (TPSA) is 50.8 Å². The first-order valence-electron chi connectivity index (χ1n) is 6.27. The van der Waals surface area contributed by atoms with Crippen LogP contribution in [-0.4, -0.2) is 63.4 Å². The van der Waals surface area contributed by atoms with E-state index in [0.717, 1.165) is 19.4 Å². The number of hydrogen-bond donors (Lipinski definition) is 1. The Hall–Kier alpha value is -0.650. The zero-order valence-corrected chi connectivity index (χ0v) is 11.1. The molecule has 1 aliphatic rings. The van der Waals surface area contributed by atoms with Crippen LogP contribution in [0.15, 0.2) is 0 Å². The molecule has 0 aromatic rings. The molecule has 0 bridgehead atoms. The van der Waals surface area contributed by atoms with Crippen LogP contribution in [0.2, 0.25) is 0 Å². The summed E-state index contributed by atoms with van der Waals surface area (Å²) in [4.78, 5) is 13.9. The van der Waals surface area contributed by atoms with Crippen molar-refractivity contribution in [2.75, 3.05) is 40.5 Å². The average molecular weight is 244 g/mol. The van der Waals surface area contributed by atoms with Crippen molar-refractivity contribution in [1.82, 2.24) is 10.2 Å². The maximum Gasteiger partial charge on any atom is 0.324 e. The van der Waals surface area contributed by atoms with Gasteiger partial charge in [0.25, 0.3) is 0 Å². The van der Waals surface area contributed by atoms with Gasteiger partial charge in [-0.25, -0.2) is 0 Å². The molecule has 0 saturated heterocycles. The predicted molar refractivity (Wildman–Crippen MR) is 66.0 cm³/mol.